The summed E-state index contributed by atoms with van der Waals surface area (Å²) in [6.45, 7) is 0.0851. The van der Waals surface area contributed by atoms with Gasteiger partial charge in [-0.1, -0.05) is 0 Å². The largest absolute Gasteiger partial charge is 0.495 e. The van der Waals surface area contributed by atoms with Crippen LogP contribution in [-0.4, -0.2) is 49.4 Å². The standard InChI is InChI=1S/C14H18N4O4S/c1-17(2)23(20,21)13-8-11(4-5-12(13)22-3)16-14(19)9-18-7-6-15-10-18/h4-8,10H,9H2,1-3H3,(H,16,19). The van der Waals surface area contributed by atoms with Crippen molar-refractivity contribution >= 4 is 21.6 Å². The number of rotatable bonds is 6. The molecule has 1 aromatic carbocycles. The molecule has 1 aromatic heterocycles. The van der Waals surface area contributed by atoms with E-state index in [4.69, 9.17) is 4.74 Å². The minimum absolute atomic E-state index is 0.00886. The molecule has 0 aliphatic rings. The zero-order valence-corrected chi connectivity index (χ0v) is 13.9. The first-order valence-electron chi connectivity index (χ1n) is 6.70. The number of methoxy groups -OCH3 is 1. The lowest BCUT2D eigenvalue weighted by molar-refractivity contribution is -0.116. The number of amides is 1. The van der Waals surface area contributed by atoms with Crippen LogP contribution < -0.4 is 10.1 Å². The van der Waals surface area contributed by atoms with Gasteiger partial charge in [0, 0.05) is 32.2 Å². The normalized spacial score (nSPS) is 11.5. The minimum Gasteiger partial charge on any atom is -0.495 e. The Morgan fingerprint density at radius 3 is 2.70 bits per heavy atom. The molecule has 0 atom stereocenters. The second-order valence-corrected chi connectivity index (χ2v) is 7.06. The third kappa shape index (κ3) is 3.88. The van der Waals surface area contributed by atoms with Gasteiger partial charge in [-0.15, -0.1) is 0 Å². The molecule has 2 aromatic rings. The summed E-state index contributed by atoms with van der Waals surface area (Å²) in [6.07, 6.45) is 4.76. The summed E-state index contributed by atoms with van der Waals surface area (Å²) in [4.78, 5) is 15.8. The Hall–Kier alpha value is -2.39. The highest BCUT2D eigenvalue weighted by Crippen LogP contribution is 2.28. The van der Waals surface area contributed by atoms with E-state index in [0.29, 0.717) is 5.69 Å². The van der Waals surface area contributed by atoms with Crippen LogP contribution in [0.5, 0.6) is 5.75 Å². The van der Waals surface area contributed by atoms with Crippen molar-refractivity contribution in [2.24, 2.45) is 0 Å². The molecule has 1 amide bonds. The van der Waals surface area contributed by atoms with Crippen LogP contribution in [0.1, 0.15) is 0 Å². The zero-order valence-electron chi connectivity index (χ0n) is 13.1. The Balaban J connectivity index is 2.25. The molecule has 0 saturated carbocycles. The molecule has 23 heavy (non-hydrogen) atoms. The number of hydrogen-bond donors (Lipinski definition) is 1. The second-order valence-electron chi connectivity index (χ2n) is 4.94. The van der Waals surface area contributed by atoms with Gasteiger partial charge in [0.25, 0.3) is 0 Å². The number of carbonyl (C=O) groups excluding carboxylic acids is 1. The SMILES string of the molecule is COc1ccc(NC(=O)Cn2ccnc2)cc1S(=O)(=O)N(C)C. The average molecular weight is 338 g/mol. The number of ether oxygens (including phenoxy) is 1. The van der Waals surface area contributed by atoms with Gasteiger partial charge < -0.3 is 14.6 Å². The molecule has 1 N–H and O–H groups in total. The fourth-order valence-corrected chi connectivity index (χ4v) is 2.97. The third-order valence-electron chi connectivity index (χ3n) is 3.09. The van der Waals surface area contributed by atoms with Gasteiger partial charge in [-0.05, 0) is 18.2 Å². The molecule has 8 nitrogen and oxygen atoms in total. The molecule has 0 spiro atoms. The molecule has 0 aliphatic heterocycles. The van der Waals surface area contributed by atoms with Gasteiger partial charge in [-0.2, -0.15) is 0 Å². The van der Waals surface area contributed by atoms with Crippen LogP contribution in [0.4, 0.5) is 5.69 Å². The first-order chi connectivity index (χ1) is 10.8. The summed E-state index contributed by atoms with van der Waals surface area (Å²) in [7, 11) is 0.563. The van der Waals surface area contributed by atoms with Gasteiger partial charge >= 0.3 is 0 Å². The lowest BCUT2D eigenvalue weighted by Crippen LogP contribution is -2.23. The summed E-state index contributed by atoms with van der Waals surface area (Å²) in [5, 5.41) is 2.66. The summed E-state index contributed by atoms with van der Waals surface area (Å²) < 4.78 is 32.4. The maximum absolute atomic E-state index is 12.3. The average Bonchev–Trinajstić information content (AvgIpc) is 2.99. The molecule has 0 fully saturated rings. The molecule has 0 radical (unpaired) electrons. The molecule has 1 heterocycles. The van der Waals surface area contributed by atoms with Gasteiger partial charge in [0.1, 0.15) is 17.2 Å². The first-order valence-corrected chi connectivity index (χ1v) is 8.14. The molecular formula is C14H18N4O4S. The topological polar surface area (TPSA) is 93.5 Å². The number of nitrogens with one attached hydrogen (secondary N) is 1. The number of sulfonamides is 1. The van der Waals surface area contributed by atoms with Crippen LogP contribution >= 0.6 is 0 Å². The van der Waals surface area contributed by atoms with E-state index in [2.05, 4.69) is 10.3 Å². The highest BCUT2D eigenvalue weighted by Gasteiger charge is 2.23. The van der Waals surface area contributed by atoms with Crippen LogP contribution in [0.2, 0.25) is 0 Å². The summed E-state index contributed by atoms with van der Waals surface area (Å²) in [5.41, 5.74) is 0.372. The fraction of sp³-hybridized carbons (Fsp3) is 0.286. The number of aromatic nitrogens is 2. The van der Waals surface area contributed by atoms with Crippen LogP contribution in [-0.2, 0) is 21.4 Å². The highest BCUT2D eigenvalue weighted by atomic mass is 32.2. The number of nitrogens with zero attached hydrogens (tertiary/aromatic N) is 3. The Morgan fingerprint density at radius 1 is 1.39 bits per heavy atom. The maximum atomic E-state index is 12.3. The fourth-order valence-electron chi connectivity index (χ4n) is 1.90. The number of imidazole rings is 1. The van der Waals surface area contributed by atoms with Gasteiger partial charge in [0.15, 0.2) is 0 Å². The molecule has 0 saturated heterocycles. The van der Waals surface area contributed by atoms with Crippen molar-refractivity contribution in [1.82, 2.24) is 13.9 Å². The number of benzene rings is 1. The van der Waals surface area contributed by atoms with Crippen LogP contribution in [0.3, 0.4) is 0 Å². The van der Waals surface area contributed by atoms with Gasteiger partial charge in [0.05, 0.1) is 13.4 Å². The quantitative estimate of drug-likeness (QED) is 0.840. The number of hydrogen-bond acceptors (Lipinski definition) is 5. The van der Waals surface area contributed by atoms with E-state index in [0.717, 1.165) is 4.31 Å². The van der Waals surface area contributed by atoms with Crippen molar-refractivity contribution in [2.75, 3.05) is 26.5 Å². The van der Waals surface area contributed by atoms with E-state index in [-0.39, 0.29) is 23.1 Å². The van der Waals surface area contributed by atoms with Crippen LogP contribution in [0, 0.1) is 0 Å². The van der Waals surface area contributed by atoms with E-state index in [1.165, 1.54) is 39.7 Å². The molecule has 9 heteroatoms. The molecule has 124 valence electrons. The lowest BCUT2D eigenvalue weighted by Gasteiger charge is -2.16. The van der Waals surface area contributed by atoms with Crippen molar-refractivity contribution in [3.63, 3.8) is 0 Å². The third-order valence-corrected chi connectivity index (χ3v) is 4.93. The van der Waals surface area contributed by atoms with Crippen molar-refractivity contribution in [3.8, 4) is 5.75 Å². The smallest absolute Gasteiger partial charge is 0.246 e. The van der Waals surface area contributed by atoms with E-state index >= 15 is 0 Å². The monoisotopic (exact) mass is 338 g/mol. The van der Waals surface area contributed by atoms with Gasteiger partial charge in [-0.25, -0.2) is 17.7 Å². The Labute approximate surface area is 134 Å². The predicted molar refractivity (Wildman–Crippen MR) is 84.7 cm³/mol. The molecule has 0 unspecified atom stereocenters. The van der Waals surface area contributed by atoms with Crippen molar-refractivity contribution in [1.29, 1.82) is 0 Å². The predicted octanol–water partition coefficient (Wildman–Crippen LogP) is 0.781. The molecule has 0 bridgehead atoms. The Kier molecular flexibility index (Phi) is 5.02. The minimum atomic E-state index is -3.69. The van der Waals surface area contributed by atoms with Gasteiger partial charge in [-0.3, -0.25) is 4.79 Å². The van der Waals surface area contributed by atoms with Crippen molar-refractivity contribution < 1.29 is 17.9 Å². The maximum Gasteiger partial charge on any atom is 0.246 e. The van der Waals surface area contributed by atoms with Crippen molar-refractivity contribution in [2.45, 2.75) is 11.4 Å². The second kappa shape index (κ2) is 6.80. The summed E-state index contributed by atoms with van der Waals surface area (Å²) >= 11 is 0. The molecular weight excluding hydrogens is 320 g/mol. The van der Waals surface area contributed by atoms with E-state index in [1.807, 2.05) is 0 Å². The van der Waals surface area contributed by atoms with Crippen LogP contribution in [0.25, 0.3) is 0 Å². The zero-order chi connectivity index (χ0) is 17.0. The van der Waals surface area contributed by atoms with Crippen LogP contribution in [0.15, 0.2) is 41.8 Å². The Morgan fingerprint density at radius 2 is 2.13 bits per heavy atom. The molecule has 2 rings (SSSR count). The van der Waals surface area contributed by atoms with E-state index in [9.17, 15) is 13.2 Å². The van der Waals surface area contributed by atoms with E-state index < -0.39 is 10.0 Å². The lowest BCUT2D eigenvalue weighted by atomic mass is 10.3. The highest BCUT2D eigenvalue weighted by molar-refractivity contribution is 7.89. The number of anilines is 1. The van der Waals surface area contributed by atoms with Gasteiger partial charge in [0.2, 0.25) is 15.9 Å². The summed E-state index contributed by atoms with van der Waals surface area (Å²) in [5.74, 6) is -0.0762. The first kappa shape index (κ1) is 17.0. The molecule has 0 aliphatic carbocycles. The Bertz CT molecular complexity index is 785. The van der Waals surface area contributed by atoms with E-state index in [1.54, 1.807) is 23.0 Å². The summed E-state index contributed by atoms with van der Waals surface area (Å²) in [6, 6.07) is 4.46. The van der Waals surface area contributed by atoms with Crippen molar-refractivity contribution in [3.05, 3.63) is 36.9 Å². The number of carbonyl (C=O) groups is 1.